The number of benzene rings is 1. The van der Waals surface area contributed by atoms with Gasteiger partial charge in [-0.25, -0.2) is 9.98 Å². The van der Waals surface area contributed by atoms with Crippen molar-refractivity contribution in [2.45, 2.75) is 44.3 Å². The summed E-state index contributed by atoms with van der Waals surface area (Å²) in [6.45, 7) is 5.64. The molecule has 1 aromatic heterocycles. The van der Waals surface area contributed by atoms with E-state index in [-0.39, 0.29) is 23.9 Å². The van der Waals surface area contributed by atoms with Gasteiger partial charge in [-0.15, -0.1) is 0 Å². The Hall–Kier alpha value is -3.20. The van der Waals surface area contributed by atoms with E-state index in [1.165, 1.54) is 0 Å². The van der Waals surface area contributed by atoms with Crippen molar-refractivity contribution in [3.05, 3.63) is 41.3 Å². The first kappa shape index (κ1) is 18.8. The molecule has 0 bridgehead atoms. The van der Waals surface area contributed by atoms with Crippen LogP contribution >= 0.6 is 0 Å². The molecule has 30 heavy (non-hydrogen) atoms. The Morgan fingerprint density at radius 3 is 2.70 bits per heavy atom. The Balaban J connectivity index is 1.46. The van der Waals surface area contributed by atoms with Crippen molar-refractivity contribution in [3.63, 3.8) is 0 Å². The van der Waals surface area contributed by atoms with Crippen LogP contribution < -0.4 is 11.1 Å². The number of aliphatic imine (C=N–C) groups is 1. The molecule has 3 aliphatic rings. The molecule has 0 saturated carbocycles. The second-order valence-electron chi connectivity index (χ2n) is 8.46. The number of aromatic amines is 1. The molecule has 0 aliphatic carbocycles. The highest BCUT2D eigenvalue weighted by atomic mass is 16.2. The number of nitrogens with one attached hydrogen (secondary N) is 2. The van der Waals surface area contributed by atoms with Gasteiger partial charge < -0.3 is 20.9 Å². The minimum absolute atomic E-state index is 0.0887. The van der Waals surface area contributed by atoms with Crippen LogP contribution in [0.4, 0.5) is 11.5 Å². The fraction of sp³-hybridized carbons (Fsp3) is 0.429. The maximum absolute atomic E-state index is 12.9. The highest BCUT2D eigenvalue weighted by Gasteiger charge is 2.50. The number of fused-ring (bicyclic) bond motifs is 3. The van der Waals surface area contributed by atoms with Crippen LogP contribution in [0.1, 0.15) is 54.7 Å². The zero-order valence-electron chi connectivity index (χ0n) is 17.1. The molecule has 5 rings (SSSR count). The Bertz CT molecular complexity index is 1050. The van der Waals surface area contributed by atoms with E-state index in [0.29, 0.717) is 11.5 Å². The first-order chi connectivity index (χ1) is 14.4. The third kappa shape index (κ3) is 2.65. The monoisotopic (exact) mass is 407 g/mol. The SMILES string of the molecule is CC(C)N1C=Nc2[nH]c(C(N)=O)nc2C1N1CCC2(CC1)C(=O)Nc1ccccc12. The van der Waals surface area contributed by atoms with Crippen LogP contribution in [0.2, 0.25) is 0 Å². The molecule has 9 nitrogen and oxygen atoms in total. The van der Waals surface area contributed by atoms with E-state index in [0.717, 1.165) is 37.2 Å². The van der Waals surface area contributed by atoms with Crippen molar-refractivity contribution in [3.8, 4) is 0 Å². The number of hydrogen-bond donors (Lipinski definition) is 3. The van der Waals surface area contributed by atoms with Gasteiger partial charge in [0.05, 0.1) is 11.8 Å². The van der Waals surface area contributed by atoms with Crippen molar-refractivity contribution in [2.75, 3.05) is 18.4 Å². The molecule has 1 spiro atoms. The average Bonchev–Trinajstić information content (AvgIpc) is 3.28. The molecule has 1 fully saturated rings. The molecule has 4 heterocycles. The average molecular weight is 407 g/mol. The summed E-state index contributed by atoms with van der Waals surface area (Å²) in [4.78, 5) is 40.8. The lowest BCUT2D eigenvalue weighted by atomic mass is 9.73. The van der Waals surface area contributed by atoms with Gasteiger partial charge in [-0.3, -0.25) is 14.5 Å². The highest BCUT2D eigenvalue weighted by molar-refractivity contribution is 6.06. The summed E-state index contributed by atoms with van der Waals surface area (Å²) < 4.78 is 0. The van der Waals surface area contributed by atoms with Gasteiger partial charge in [-0.1, -0.05) is 18.2 Å². The van der Waals surface area contributed by atoms with Gasteiger partial charge in [0.25, 0.3) is 5.91 Å². The second kappa shape index (κ2) is 6.66. The summed E-state index contributed by atoms with van der Waals surface area (Å²) in [5.74, 6) is 0.164. The van der Waals surface area contributed by atoms with E-state index in [9.17, 15) is 9.59 Å². The number of amides is 2. The molecule has 1 saturated heterocycles. The molecular weight excluding hydrogens is 382 g/mol. The first-order valence-electron chi connectivity index (χ1n) is 10.3. The molecule has 2 amide bonds. The van der Waals surface area contributed by atoms with Crippen molar-refractivity contribution in [1.29, 1.82) is 0 Å². The molecular formula is C21H25N7O2. The van der Waals surface area contributed by atoms with Gasteiger partial charge >= 0.3 is 0 Å². The van der Waals surface area contributed by atoms with Crippen molar-refractivity contribution in [2.24, 2.45) is 10.7 Å². The number of nitrogens with zero attached hydrogens (tertiary/aromatic N) is 4. The summed E-state index contributed by atoms with van der Waals surface area (Å²) in [6, 6.07) is 8.15. The number of carbonyl (C=O) groups is 2. The lowest BCUT2D eigenvalue weighted by molar-refractivity contribution is -0.123. The van der Waals surface area contributed by atoms with E-state index >= 15 is 0 Å². The number of aromatic nitrogens is 2. The maximum atomic E-state index is 12.9. The van der Waals surface area contributed by atoms with Crippen LogP contribution in [0.5, 0.6) is 0 Å². The molecule has 156 valence electrons. The van der Waals surface area contributed by atoms with Crippen molar-refractivity contribution >= 4 is 29.7 Å². The Labute approximate surface area is 174 Å². The number of carbonyl (C=O) groups excluding carboxylic acids is 2. The smallest absolute Gasteiger partial charge is 0.284 e. The van der Waals surface area contributed by atoms with Gasteiger partial charge in [-0.2, -0.15) is 0 Å². The third-order valence-corrected chi connectivity index (χ3v) is 6.51. The van der Waals surface area contributed by atoms with E-state index in [1.54, 1.807) is 6.34 Å². The van der Waals surface area contributed by atoms with E-state index in [2.05, 4.69) is 50.0 Å². The Morgan fingerprint density at radius 1 is 1.27 bits per heavy atom. The number of imidazole rings is 1. The maximum Gasteiger partial charge on any atom is 0.284 e. The van der Waals surface area contributed by atoms with Gasteiger partial charge in [0.2, 0.25) is 5.91 Å². The molecule has 0 radical (unpaired) electrons. The van der Waals surface area contributed by atoms with Crippen LogP contribution in [-0.4, -0.2) is 57.1 Å². The zero-order chi connectivity index (χ0) is 21.0. The van der Waals surface area contributed by atoms with Crippen molar-refractivity contribution < 1.29 is 9.59 Å². The number of nitrogens with two attached hydrogens (primary N) is 1. The number of piperidine rings is 1. The largest absolute Gasteiger partial charge is 0.363 e. The fourth-order valence-corrected chi connectivity index (χ4v) is 4.90. The number of primary amides is 1. The second-order valence-corrected chi connectivity index (χ2v) is 8.46. The summed E-state index contributed by atoms with van der Waals surface area (Å²) in [5.41, 5.74) is 7.66. The third-order valence-electron chi connectivity index (χ3n) is 6.51. The first-order valence-corrected chi connectivity index (χ1v) is 10.3. The number of para-hydroxylation sites is 1. The van der Waals surface area contributed by atoms with Gasteiger partial charge in [-0.05, 0) is 38.3 Å². The standard InChI is InChI=1S/C21H25N7O2/c1-12(2)28-11-23-17-15(25-18(26-17)16(22)29)19(28)27-9-7-21(8-10-27)13-5-3-4-6-14(13)24-20(21)30/h3-6,11-12,19H,7-10H2,1-2H3,(H2,22,29)(H,24,30)(H,25,26). The summed E-state index contributed by atoms with van der Waals surface area (Å²) >= 11 is 0. The summed E-state index contributed by atoms with van der Waals surface area (Å²) in [7, 11) is 0. The van der Waals surface area contributed by atoms with Gasteiger partial charge in [0, 0.05) is 24.8 Å². The summed E-state index contributed by atoms with van der Waals surface area (Å²) in [5, 5.41) is 3.05. The van der Waals surface area contributed by atoms with E-state index in [1.807, 2.05) is 18.2 Å². The van der Waals surface area contributed by atoms with Crippen LogP contribution in [0.25, 0.3) is 0 Å². The molecule has 1 unspecified atom stereocenters. The number of likely N-dealkylation sites (tertiary alicyclic amines) is 1. The molecule has 3 aliphatic heterocycles. The van der Waals surface area contributed by atoms with Gasteiger partial charge in [0.15, 0.2) is 11.6 Å². The van der Waals surface area contributed by atoms with E-state index in [4.69, 9.17) is 5.73 Å². The molecule has 1 aromatic carbocycles. The van der Waals surface area contributed by atoms with E-state index < -0.39 is 11.3 Å². The number of anilines is 1. The van der Waals surface area contributed by atoms with Crippen LogP contribution in [0, 0.1) is 0 Å². The van der Waals surface area contributed by atoms with Crippen LogP contribution in [0.3, 0.4) is 0 Å². The molecule has 4 N–H and O–H groups in total. The Morgan fingerprint density at radius 2 is 2.00 bits per heavy atom. The van der Waals surface area contributed by atoms with Crippen molar-refractivity contribution in [1.82, 2.24) is 19.8 Å². The van der Waals surface area contributed by atoms with Crippen LogP contribution in [-0.2, 0) is 10.2 Å². The normalized spacial score (nSPS) is 22.3. The number of H-pyrrole nitrogens is 1. The highest BCUT2D eigenvalue weighted by Crippen LogP contribution is 2.46. The number of rotatable bonds is 3. The van der Waals surface area contributed by atoms with Gasteiger partial charge in [0.1, 0.15) is 11.9 Å². The topological polar surface area (TPSA) is 120 Å². The molecule has 2 aromatic rings. The lowest BCUT2D eigenvalue weighted by Gasteiger charge is -2.46. The minimum atomic E-state index is -0.605. The molecule has 1 atom stereocenters. The number of hydrogen-bond acceptors (Lipinski definition) is 6. The quantitative estimate of drug-likeness (QED) is 0.718. The Kier molecular flexibility index (Phi) is 4.18. The predicted octanol–water partition coefficient (Wildman–Crippen LogP) is 1.88. The minimum Gasteiger partial charge on any atom is -0.363 e. The summed E-state index contributed by atoms with van der Waals surface area (Å²) in [6.07, 6.45) is 3.07. The molecule has 9 heteroatoms. The fourth-order valence-electron chi connectivity index (χ4n) is 4.90. The zero-order valence-corrected chi connectivity index (χ0v) is 17.1. The lowest BCUT2D eigenvalue weighted by Crippen LogP contribution is -2.52. The van der Waals surface area contributed by atoms with Crippen LogP contribution in [0.15, 0.2) is 29.3 Å². The predicted molar refractivity (Wildman–Crippen MR) is 113 cm³/mol.